The Morgan fingerprint density at radius 2 is 1.79 bits per heavy atom. The molecule has 0 saturated carbocycles. The fourth-order valence-electron chi connectivity index (χ4n) is 2.36. The van der Waals surface area contributed by atoms with Gasteiger partial charge in [-0.3, -0.25) is 10.1 Å². The molecule has 1 rings (SSSR count). The number of carbonyl (C=O) groups is 2. The molecule has 9 heteroatoms. The summed E-state index contributed by atoms with van der Waals surface area (Å²) in [4.78, 5) is 22.4. The Hall–Kier alpha value is -1.70. The fraction of sp³-hybridized carbons (Fsp3) is 0.583. The normalized spacial score (nSPS) is 11.2. The van der Waals surface area contributed by atoms with Crippen LogP contribution < -0.4 is 21.3 Å². The number of nitrogens with one attached hydrogen (secondary N) is 4. The molecule has 0 saturated heterocycles. The Morgan fingerprint density at radius 3 is 2.30 bits per heavy atom. The van der Waals surface area contributed by atoms with E-state index in [2.05, 4.69) is 60.9 Å². The third-order valence-corrected chi connectivity index (χ3v) is 5.86. The molecule has 0 aliphatic rings. The number of ether oxygens (including phenoxy) is 1. The molecule has 0 heterocycles. The summed E-state index contributed by atoms with van der Waals surface area (Å²) >= 11 is 0. The van der Waals surface area contributed by atoms with Crippen molar-refractivity contribution in [2.75, 3.05) is 46.2 Å². The van der Waals surface area contributed by atoms with Gasteiger partial charge in [0.2, 0.25) is 0 Å². The lowest BCUT2D eigenvalue weighted by atomic mass is 10.1. The SMILES string of the molecule is CNC#CC(C)C.CSSC(NCCOCC=O)c1ccc(C(=O)NCCNC(C)C)cc1. The minimum atomic E-state index is -0.0635. The van der Waals surface area contributed by atoms with E-state index in [4.69, 9.17) is 4.74 Å². The molecule has 1 amide bonds. The van der Waals surface area contributed by atoms with Gasteiger partial charge >= 0.3 is 0 Å². The minimum absolute atomic E-state index is 0.0635. The van der Waals surface area contributed by atoms with E-state index in [1.54, 1.807) is 21.6 Å². The van der Waals surface area contributed by atoms with Crippen LogP contribution in [-0.4, -0.2) is 64.4 Å². The lowest BCUT2D eigenvalue weighted by Gasteiger charge is -2.18. The van der Waals surface area contributed by atoms with Crippen LogP contribution in [0.15, 0.2) is 24.3 Å². The van der Waals surface area contributed by atoms with Gasteiger partial charge in [-0.1, -0.05) is 67.3 Å². The van der Waals surface area contributed by atoms with Gasteiger partial charge in [0.25, 0.3) is 5.91 Å². The minimum Gasteiger partial charge on any atom is -0.373 e. The van der Waals surface area contributed by atoms with E-state index in [9.17, 15) is 9.59 Å². The number of hydrogen-bond donors (Lipinski definition) is 4. The van der Waals surface area contributed by atoms with Crippen molar-refractivity contribution in [2.45, 2.75) is 39.1 Å². The maximum absolute atomic E-state index is 12.2. The average Bonchev–Trinajstić information content (AvgIpc) is 2.80. The number of aldehydes is 1. The van der Waals surface area contributed by atoms with Crippen molar-refractivity contribution in [3.05, 3.63) is 35.4 Å². The molecule has 0 aromatic heterocycles. The molecular weight excluding hydrogens is 456 g/mol. The lowest BCUT2D eigenvalue weighted by molar-refractivity contribution is -0.111. The molecule has 0 aliphatic heterocycles. The van der Waals surface area contributed by atoms with E-state index in [1.165, 1.54) is 0 Å². The Balaban J connectivity index is 0.00000126. The van der Waals surface area contributed by atoms with Crippen molar-refractivity contribution in [3.8, 4) is 12.0 Å². The van der Waals surface area contributed by atoms with E-state index < -0.39 is 0 Å². The predicted molar refractivity (Wildman–Crippen MR) is 142 cm³/mol. The number of amides is 1. The summed E-state index contributed by atoms with van der Waals surface area (Å²) < 4.78 is 5.15. The van der Waals surface area contributed by atoms with Crippen LogP contribution >= 0.6 is 21.6 Å². The fourth-order valence-corrected chi connectivity index (χ4v) is 4.12. The smallest absolute Gasteiger partial charge is 0.251 e. The molecule has 0 fully saturated rings. The standard InChI is InChI=1S/C18H29N3O3S2.C6H11N/c1-14(2)19-8-9-20-17(23)15-4-6-16(7-5-15)18(26-25-3)21-10-12-24-13-11-22;1-6(2)4-5-7-3/h4-7,11,14,18-19,21H,8-10,12-13H2,1-3H3,(H,20,23);6-7H,1-3H3. The molecule has 0 spiro atoms. The Labute approximate surface area is 207 Å². The quantitative estimate of drug-likeness (QED) is 0.0780. The number of rotatable bonds is 14. The molecule has 33 heavy (non-hydrogen) atoms. The van der Waals surface area contributed by atoms with Crippen molar-refractivity contribution < 1.29 is 14.3 Å². The van der Waals surface area contributed by atoms with Gasteiger partial charge < -0.3 is 25.5 Å². The van der Waals surface area contributed by atoms with Gasteiger partial charge in [0.1, 0.15) is 12.9 Å². The van der Waals surface area contributed by atoms with E-state index in [1.807, 2.05) is 37.6 Å². The van der Waals surface area contributed by atoms with Crippen molar-refractivity contribution >= 4 is 33.8 Å². The number of benzene rings is 1. The average molecular weight is 497 g/mol. The summed E-state index contributed by atoms with van der Waals surface area (Å²) in [5.74, 6) is 3.35. The molecule has 0 aliphatic carbocycles. The van der Waals surface area contributed by atoms with E-state index in [0.29, 0.717) is 37.2 Å². The topological polar surface area (TPSA) is 91.5 Å². The predicted octanol–water partition coefficient (Wildman–Crippen LogP) is 3.05. The van der Waals surface area contributed by atoms with Crippen molar-refractivity contribution in [2.24, 2.45) is 5.92 Å². The number of hydrogen-bond acceptors (Lipinski definition) is 8. The molecule has 1 aromatic rings. The van der Waals surface area contributed by atoms with Crippen molar-refractivity contribution in [3.63, 3.8) is 0 Å². The molecule has 7 nitrogen and oxygen atoms in total. The van der Waals surface area contributed by atoms with Crippen LogP contribution in [0.4, 0.5) is 0 Å². The zero-order chi connectivity index (χ0) is 24.9. The third kappa shape index (κ3) is 17.4. The highest BCUT2D eigenvalue weighted by Crippen LogP contribution is 2.34. The van der Waals surface area contributed by atoms with Crippen LogP contribution in [0.1, 0.15) is 49.0 Å². The Morgan fingerprint density at radius 1 is 1.09 bits per heavy atom. The lowest BCUT2D eigenvalue weighted by Crippen LogP contribution is -2.34. The van der Waals surface area contributed by atoms with Gasteiger partial charge in [-0.25, -0.2) is 0 Å². The van der Waals surface area contributed by atoms with Gasteiger partial charge in [-0.05, 0) is 24.0 Å². The van der Waals surface area contributed by atoms with Crippen LogP contribution in [0.5, 0.6) is 0 Å². The second-order valence-corrected chi connectivity index (χ2v) is 10.1. The van der Waals surface area contributed by atoms with Crippen LogP contribution in [0.3, 0.4) is 0 Å². The van der Waals surface area contributed by atoms with Crippen molar-refractivity contribution in [1.29, 1.82) is 0 Å². The summed E-state index contributed by atoms with van der Waals surface area (Å²) in [6.07, 6.45) is 2.77. The summed E-state index contributed by atoms with van der Waals surface area (Å²) in [5.41, 5.74) is 1.75. The van der Waals surface area contributed by atoms with Crippen LogP contribution in [0.2, 0.25) is 0 Å². The monoisotopic (exact) mass is 496 g/mol. The first kappa shape index (κ1) is 31.3. The van der Waals surface area contributed by atoms with E-state index in [0.717, 1.165) is 18.4 Å². The van der Waals surface area contributed by atoms with Gasteiger partial charge in [-0.2, -0.15) is 0 Å². The van der Waals surface area contributed by atoms with Crippen LogP contribution in [-0.2, 0) is 9.53 Å². The molecule has 4 N–H and O–H groups in total. The Kier molecular flexibility index (Phi) is 19.8. The van der Waals surface area contributed by atoms with Crippen molar-refractivity contribution in [1.82, 2.24) is 21.3 Å². The highest BCUT2D eigenvalue weighted by molar-refractivity contribution is 8.76. The summed E-state index contributed by atoms with van der Waals surface area (Å²) in [7, 11) is 5.18. The Bertz CT molecular complexity index is 704. The van der Waals surface area contributed by atoms with Crippen LogP contribution in [0, 0.1) is 17.9 Å². The van der Waals surface area contributed by atoms with E-state index >= 15 is 0 Å². The largest absolute Gasteiger partial charge is 0.373 e. The van der Waals surface area contributed by atoms with Gasteiger partial charge in [0.05, 0.1) is 12.0 Å². The summed E-state index contributed by atoms with van der Waals surface area (Å²) in [6, 6.07) is 10.8. The zero-order valence-corrected chi connectivity index (χ0v) is 22.3. The maximum atomic E-state index is 12.2. The highest BCUT2D eigenvalue weighted by Gasteiger charge is 2.12. The molecule has 186 valence electrons. The maximum Gasteiger partial charge on any atom is 0.251 e. The van der Waals surface area contributed by atoms with Gasteiger partial charge in [-0.15, -0.1) is 0 Å². The second kappa shape index (κ2) is 20.9. The first-order valence-corrected chi connectivity index (χ1v) is 13.7. The summed E-state index contributed by atoms with van der Waals surface area (Å²) in [6.45, 7) is 10.9. The molecule has 0 bridgehead atoms. The van der Waals surface area contributed by atoms with Gasteiger partial charge in [0.15, 0.2) is 0 Å². The first-order chi connectivity index (χ1) is 15.8. The number of carbonyl (C=O) groups excluding carboxylic acids is 2. The molecular formula is C24H40N4O3S2. The van der Waals surface area contributed by atoms with Crippen LogP contribution in [0.25, 0.3) is 0 Å². The summed E-state index contributed by atoms with van der Waals surface area (Å²) in [5, 5.41) is 12.4. The third-order valence-electron chi connectivity index (χ3n) is 3.88. The molecule has 0 radical (unpaired) electrons. The molecule has 1 atom stereocenters. The second-order valence-electron chi connectivity index (χ2n) is 7.50. The molecule has 1 unspecified atom stereocenters. The zero-order valence-electron chi connectivity index (χ0n) is 20.7. The molecule has 1 aromatic carbocycles. The van der Waals surface area contributed by atoms with E-state index in [-0.39, 0.29) is 17.9 Å². The highest BCUT2D eigenvalue weighted by atomic mass is 33.1. The first-order valence-electron chi connectivity index (χ1n) is 11.1. The van der Waals surface area contributed by atoms with Gasteiger partial charge in [0, 0.05) is 50.2 Å².